The first-order valence-electron chi connectivity index (χ1n) is 6.15. The summed E-state index contributed by atoms with van der Waals surface area (Å²) in [5, 5.41) is 11.4. The van der Waals surface area contributed by atoms with Crippen LogP contribution < -0.4 is 16.0 Å². The first kappa shape index (κ1) is 15.5. The molecule has 0 spiro atoms. The van der Waals surface area contributed by atoms with E-state index in [9.17, 15) is 19.5 Å². The zero-order valence-electron chi connectivity index (χ0n) is 11.1. The van der Waals surface area contributed by atoms with Gasteiger partial charge in [-0.05, 0) is 30.3 Å². The van der Waals surface area contributed by atoms with Crippen molar-refractivity contribution < 1.29 is 19.5 Å². The molecule has 0 heterocycles. The Morgan fingerprint density at radius 1 is 0.818 bits per heavy atom. The van der Waals surface area contributed by atoms with Crippen molar-refractivity contribution in [1.82, 2.24) is 10.9 Å². The molecule has 0 radical (unpaired) electrons. The lowest BCUT2D eigenvalue weighted by atomic mass is 10.1. The molecule has 2 N–H and O–H groups in total. The molecule has 0 saturated carbocycles. The van der Waals surface area contributed by atoms with Gasteiger partial charge in [0.15, 0.2) is 0 Å². The summed E-state index contributed by atoms with van der Waals surface area (Å²) < 4.78 is 0. The van der Waals surface area contributed by atoms with Crippen molar-refractivity contribution in [3.8, 4) is 0 Å². The van der Waals surface area contributed by atoms with Crippen molar-refractivity contribution in [2.45, 2.75) is 0 Å². The first-order valence-corrected chi connectivity index (χ1v) is 6.53. The Labute approximate surface area is 130 Å². The van der Waals surface area contributed by atoms with Gasteiger partial charge in [0.2, 0.25) is 0 Å². The van der Waals surface area contributed by atoms with E-state index >= 15 is 0 Å². The Bertz CT molecular complexity index is 729. The molecule has 0 saturated heterocycles. The summed E-state index contributed by atoms with van der Waals surface area (Å²) in [6.07, 6.45) is 0. The highest BCUT2D eigenvalue weighted by Crippen LogP contribution is 2.09. The number of amides is 2. The largest absolute Gasteiger partial charge is 0.545 e. The first-order chi connectivity index (χ1) is 10.5. The van der Waals surface area contributed by atoms with Gasteiger partial charge < -0.3 is 9.90 Å². The molecule has 2 aromatic carbocycles. The molecular weight excluding hydrogens is 308 g/mol. The number of rotatable bonds is 3. The van der Waals surface area contributed by atoms with Crippen LogP contribution in [0.1, 0.15) is 31.1 Å². The number of carbonyl (C=O) groups is 3. The minimum atomic E-state index is -1.48. The van der Waals surface area contributed by atoms with Gasteiger partial charge in [0, 0.05) is 16.1 Å². The Hall–Kier alpha value is -2.86. The Morgan fingerprint density at radius 2 is 1.36 bits per heavy atom. The van der Waals surface area contributed by atoms with Crippen molar-refractivity contribution in [2.75, 3.05) is 0 Å². The second-order valence-corrected chi connectivity index (χ2v) is 4.68. The van der Waals surface area contributed by atoms with Crippen molar-refractivity contribution in [3.63, 3.8) is 0 Å². The van der Waals surface area contributed by atoms with Gasteiger partial charge in [0.1, 0.15) is 0 Å². The Balaban J connectivity index is 2.06. The maximum atomic E-state index is 11.9. The zero-order valence-corrected chi connectivity index (χ0v) is 11.9. The molecule has 2 rings (SSSR count). The van der Waals surface area contributed by atoms with Crippen LogP contribution in [-0.4, -0.2) is 17.8 Å². The molecule has 2 aromatic rings. The summed E-state index contributed by atoms with van der Waals surface area (Å²) >= 11 is 5.71. The third-order valence-electron chi connectivity index (χ3n) is 2.79. The van der Waals surface area contributed by atoms with E-state index in [4.69, 9.17) is 11.6 Å². The number of hydrogen-bond acceptors (Lipinski definition) is 4. The van der Waals surface area contributed by atoms with E-state index in [1.807, 2.05) is 0 Å². The summed E-state index contributed by atoms with van der Waals surface area (Å²) in [5.41, 5.74) is 4.25. The van der Waals surface area contributed by atoms with Crippen LogP contribution in [0.5, 0.6) is 0 Å². The summed E-state index contributed by atoms with van der Waals surface area (Å²) in [7, 11) is 0. The molecule has 22 heavy (non-hydrogen) atoms. The fraction of sp³-hybridized carbons (Fsp3) is 0. The maximum Gasteiger partial charge on any atom is 0.270 e. The molecule has 0 fully saturated rings. The van der Waals surface area contributed by atoms with Gasteiger partial charge in [0.25, 0.3) is 11.8 Å². The maximum absolute atomic E-state index is 11.9. The number of hydrazine groups is 1. The van der Waals surface area contributed by atoms with E-state index in [-0.39, 0.29) is 16.7 Å². The van der Waals surface area contributed by atoms with Crippen molar-refractivity contribution in [1.29, 1.82) is 0 Å². The third-order valence-corrected chi connectivity index (χ3v) is 3.04. The Kier molecular flexibility index (Phi) is 4.75. The van der Waals surface area contributed by atoms with E-state index in [0.717, 1.165) is 0 Å². The van der Waals surface area contributed by atoms with Crippen LogP contribution in [0.2, 0.25) is 5.02 Å². The molecule has 0 aliphatic heterocycles. The summed E-state index contributed by atoms with van der Waals surface area (Å²) in [4.78, 5) is 34.7. The van der Waals surface area contributed by atoms with Crippen LogP contribution in [-0.2, 0) is 0 Å². The quantitative estimate of drug-likeness (QED) is 0.817. The van der Waals surface area contributed by atoms with Crippen LogP contribution in [0.25, 0.3) is 0 Å². The summed E-state index contributed by atoms with van der Waals surface area (Å²) in [6.45, 7) is 0. The number of carbonyl (C=O) groups excluding carboxylic acids is 3. The van der Waals surface area contributed by atoms with Crippen LogP contribution in [0, 0.1) is 0 Å². The average molecular weight is 318 g/mol. The third kappa shape index (κ3) is 3.62. The molecule has 0 aromatic heterocycles. The van der Waals surface area contributed by atoms with Gasteiger partial charge in [0.05, 0.1) is 11.5 Å². The van der Waals surface area contributed by atoms with Crippen LogP contribution in [0.3, 0.4) is 0 Å². The molecule has 112 valence electrons. The lowest BCUT2D eigenvalue weighted by molar-refractivity contribution is -0.255. The summed E-state index contributed by atoms with van der Waals surface area (Å²) in [5.74, 6) is -2.80. The molecule has 0 bridgehead atoms. The monoisotopic (exact) mass is 317 g/mol. The predicted molar refractivity (Wildman–Crippen MR) is 77.2 cm³/mol. The lowest BCUT2D eigenvalue weighted by Gasteiger charge is -2.11. The number of hydrogen-bond donors (Lipinski definition) is 2. The van der Waals surface area contributed by atoms with E-state index < -0.39 is 17.8 Å². The number of benzene rings is 2. The van der Waals surface area contributed by atoms with Gasteiger partial charge in [-0.3, -0.25) is 20.4 Å². The van der Waals surface area contributed by atoms with Crippen LogP contribution in [0.4, 0.5) is 0 Å². The number of halogens is 1. The van der Waals surface area contributed by atoms with Gasteiger partial charge in [-0.25, -0.2) is 0 Å². The van der Waals surface area contributed by atoms with E-state index in [1.165, 1.54) is 48.5 Å². The van der Waals surface area contributed by atoms with Crippen molar-refractivity contribution >= 4 is 29.4 Å². The highest BCUT2D eigenvalue weighted by Gasteiger charge is 2.13. The topological polar surface area (TPSA) is 98.3 Å². The van der Waals surface area contributed by atoms with Gasteiger partial charge in [-0.15, -0.1) is 0 Å². The minimum Gasteiger partial charge on any atom is -0.545 e. The second kappa shape index (κ2) is 6.73. The average Bonchev–Trinajstić information content (AvgIpc) is 2.53. The van der Waals surface area contributed by atoms with Gasteiger partial charge in [-0.1, -0.05) is 29.8 Å². The number of carboxylic acid groups (broad SMARTS) is 1. The molecule has 0 atom stereocenters. The SMILES string of the molecule is O=C(NNC(=O)c1ccccc1C(=O)[O-])c1ccc(Cl)cc1. The molecule has 0 aliphatic rings. The highest BCUT2D eigenvalue weighted by molar-refractivity contribution is 6.30. The number of carboxylic acids is 1. The Morgan fingerprint density at radius 3 is 1.95 bits per heavy atom. The number of aromatic carboxylic acids is 1. The molecule has 6 nitrogen and oxygen atoms in total. The smallest absolute Gasteiger partial charge is 0.270 e. The van der Waals surface area contributed by atoms with E-state index in [2.05, 4.69) is 10.9 Å². The van der Waals surface area contributed by atoms with Crippen molar-refractivity contribution in [3.05, 3.63) is 70.2 Å². The fourth-order valence-electron chi connectivity index (χ4n) is 1.71. The summed E-state index contributed by atoms with van der Waals surface area (Å²) in [6, 6.07) is 11.6. The van der Waals surface area contributed by atoms with Gasteiger partial charge >= 0.3 is 0 Å². The molecule has 2 amide bonds. The van der Waals surface area contributed by atoms with Gasteiger partial charge in [-0.2, -0.15) is 0 Å². The molecule has 7 heteroatoms. The molecule has 0 unspecified atom stereocenters. The molecule has 0 aliphatic carbocycles. The van der Waals surface area contributed by atoms with Crippen LogP contribution in [0.15, 0.2) is 48.5 Å². The van der Waals surface area contributed by atoms with E-state index in [0.29, 0.717) is 5.02 Å². The second-order valence-electron chi connectivity index (χ2n) is 4.25. The fourth-order valence-corrected chi connectivity index (χ4v) is 1.84. The van der Waals surface area contributed by atoms with Crippen molar-refractivity contribution in [2.24, 2.45) is 0 Å². The minimum absolute atomic E-state index is 0.112. The van der Waals surface area contributed by atoms with E-state index in [1.54, 1.807) is 0 Å². The zero-order chi connectivity index (χ0) is 16.1. The molecular formula is C15H10ClN2O4-. The highest BCUT2D eigenvalue weighted by atomic mass is 35.5. The normalized spacial score (nSPS) is 9.86. The predicted octanol–water partition coefficient (Wildman–Crippen LogP) is 0.778. The number of nitrogens with one attached hydrogen (secondary N) is 2. The van der Waals surface area contributed by atoms with Crippen LogP contribution >= 0.6 is 11.6 Å². The standard InChI is InChI=1S/C15H11ClN2O4/c16-10-7-5-9(6-8-10)13(19)17-18-14(20)11-3-1-2-4-12(11)15(21)22/h1-8H,(H,17,19)(H,18,20)(H,21,22)/p-1. The lowest BCUT2D eigenvalue weighted by Crippen LogP contribution is -2.42.